The first-order valence-corrected chi connectivity index (χ1v) is 7.45. The Labute approximate surface area is 102 Å². The first-order chi connectivity index (χ1) is 7.79. The van der Waals surface area contributed by atoms with Crippen LogP contribution in [0.4, 0.5) is 0 Å². The normalized spacial score (nSPS) is 13.4. The van der Waals surface area contributed by atoms with Crippen LogP contribution in [0.1, 0.15) is 24.2 Å². The molecule has 1 rings (SSSR count). The molecule has 0 heterocycles. The molecule has 0 saturated heterocycles. The number of aliphatic hydroxyl groups excluding tert-OH is 1. The average Bonchev–Trinajstić information content (AvgIpc) is 2.18. The Morgan fingerprint density at radius 1 is 1.41 bits per heavy atom. The lowest BCUT2D eigenvalue weighted by Gasteiger charge is -2.11. The van der Waals surface area contributed by atoms with Crippen LogP contribution in [0.5, 0.6) is 5.75 Å². The van der Waals surface area contributed by atoms with E-state index < -0.39 is 15.9 Å². The van der Waals surface area contributed by atoms with E-state index in [0.29, 0.717) is 5.75 Å². The molecule has 1 aromatic carbocycles. The summed E-state index contributed by atoms with van der Waals surface area (Å²) in [5, 5.41) is 9.40. The van der Waals surface area contributed by atoms with Gasteiger partial charge in [-0.05, 0) is 37.1 Å². The number of hydrogen-bond donors (Lipinski definition) is 1. The summed E-state index contributed by atoms with van der Waals surface area (Å²) in [6, 6.07) is 5.35. The van der Waals surface area contributed by atoms with Crippen LogP contribution >= 0.6 is 0 Å². The number of aryl methyl sites for hydroxylation is 1. The first kappa shape index (κ1) is 14.0. The zero-order valence-electron chi connectivity index (χ0n) is 10.3. The van der Waals surface area contributed by atoms with Crippen molar-refractivity contribution < 1.29 is 18.3 Å². The molecule has 0 radical (unpaired) electrons. The Balaban J connectivity index is 2.67. The van der Waals surface area contributed by atoms with Gasteiger partial charge in [0.05, 0.1) is 11.9 Å². The van der Waals surface area contributed by atoms with Crippen molar-refractivity contribution in [2.24, 2.45) is 0 Å². The number of ether oxygens (including phenoxy) is 1. The molecule has 5 heteroatoms. The van der Waals surface area contributed by atoms with E-state index in [1.54, 1.807) is 19.1 Å². The highest BCUT2D eigenvalue weighted by molar-refractivity contribution is 7.90. The minimum absolute atomic E-state index is 0.00456. The molecule has 17 heavy (non-hydrogen) atoms. The molecule has 0 aromatic heterocycles. The molecule has 1 aromatic rings. The third kappa shape index (κ3) is 4.75. The van der Waals surface area contributed by atoms with E-state index in [2.05, 4.69) is 0 Å². The van der Waals surface area contributed by atoms with Crippen LogP contribution in [0.2, 0.25) is 0 Å². The highest BCUT2D eigenvalue weighted by atomic mass is 32.2. The van der Waals surface area contributed by atoms with E-state index in [1.165, 1.54) is 6.26 Å². The van der Waals surface area contributed by atoms with Gasteiger partial charge in [0.25, 0.3) is 0 Å². The van der Waals surface area contributed by atoms with Gasteiger partial charge in [-0.2, -0.15) is 0 Å². The van der Waals surface area contributed by atoms with Gasteiger partial charge in [0.2, 0.25) is 0 Å². The van der Waals surface area contributed by atoms with Gasteiger partial charge in [-0.1, -0.05) is 6.07 Å². The largest absolute Gasteiger partial charge is 0.492 e. The molecule has 0 saturated carbocycles. The summed E-state index contributed by atoms with van der Waals surface area (Å²) in [5.41, 5.74) is 1.70. The molecule has 0 aliphatic heterocycles. The SMILES string of the molecule is Cc1cc(C(C)O)ccc1OCCS(C)(=O)=O. The summed E-state index contributed by atoms with van der Waals surface area (Å²) in [6.45, 7) is 3.70. The van der Waals surface area contributed by atoms with Crippen molar-refractivity contribution in [3.05, 3.63) is 29.3 Å². The second kappa shape index (κ2) is 5.51. The Kier molecular flexibility index (Phi) is 4.54. The van der Waals surface area contributed by atoms with Crippen molar-refractivity contribution in [2.45, 2.75) is 20.0 Å². The van der Waals surface area contributed by atoms with Crippen molar-refractivity contribution >= 4 is 9.84 Å². The smallest absolute Gasteiger partial charge is 0.150 e. The van der Waals surface area contributed by atoms with Crippen LogP contribution in [-0.4, -0.2) is 32.1 Å². The van der Waals surface area contributed by atoms with Crippen LogP contribution in [0.25, 0.3) is 0 Å². The van der Waals surface area contributed by atoms with Crippen molar-refractivity contribution in [3.63, 3.8) is 0 Å². The Bertz CT molecular complexity index is 477. The predicted molar refractivity (Wildman–Crippen MR) is 67.0 cm³/mol. The highest BCUT2D eigenvalue weighted by Crippen LogP contribution is 2.22. The van der Waals surface area contributed by atoms with Crippen molar-refractivity contribution in [1.29, 1.82) is 0 Å². The summed E-state index contributed by atoms with van der Waals surface area (Å²) in [7, 11) is -2.99. The van der Waals surface area contributed by atoms with Crippen molar-refractivity contribution in [3.8, 4) is 5.75 Å². The molecule has 4 nitrogen and oxygen atoms in total. The van der Waals surface area contributed by atoms with E-state index in [1.807, 2.05) is 13.0 Å². The highest BCUT2D eigenvalue weighted by Gasteiger charge is 2.07. The summed E-state index contributed by atoms with van der Waals surface area (Å²) in [4.78, 5) is 0. The van der Waals surface area contributed by atoms with E-state index in [9.17, 15) is 13.5 Å². The summed E-state index contributed by atoms with van der Waals surface area (Å²) in [6.07, 6.45) is 0.665. The van der Waals surface area contributed by atoms with E-state index in [0.717, 1.165) is 11.1 Å². The summed E-state index contributed by atoms with van der Waals surface area (Å²) in [5.74, 6) is 0.656. The van der Waals surface area contributed by atoms with Crippen LogP contribution in [0.3, 0.4) is 0 Å². The van der Waals surface area contributed by atoms with Crippen LogP contribution < -0.4 is 4.74 Å². The third-order valence-electron chi connectivity index (χ3n) is 2.39. The van der Waals surface area contributed by atoms with Gasteiger partial charge >= 0.3 is 0 Å². The Morgan fingerprint density at radius 2 is 2.06 bits per heavy atom. The van der Waals surface area contributed by atoms with E-state index in [4.69, 9.17) is 4.74 Å². The molecule has 0 aliphatic rings. The maximum atomic E-state index is 10.9. The van der Waals surface area contributed by atoms with Crippen molar-refractivity contribution in [2.75, 3.05) is 18.6 Å². The lowest BCUT2D eigenvalue weighted by molar-refractivity contribution is 0.199. The van der Waals surface area contributed by atoms with Gasteiger partial charge in [-0.25, -0.2) is 8.42 Å². The fraction of sp³-hybridized carbons (Fsp3) is 0.500. The maximum absolute atomic E-state index is 10.9. The molecule has 0 bridgehead atoms. The predicted octanol–water partition coefficient (Wildman–Crippen LogP) is 1.47. The van der Waals surface area contributed by atoms with Gasteiger partial charge < -0.3 is 9.84 Å². The van der Waals surface area contributed by atoms with E-state index in [-0.39, 0.29) is 12.4 Å². The Morgan fingerprint density at radius 3 is 2.53 bits per heavy atom. The number of aliphatic hydroxyl groups is 1. The molecular weight excluding hydrogens is 240 g/mol. The first-order valence-electron chi connectivity index (χ1n) is 5.39. The second-order valence-corrected chi connectivity index (χ2v) is 6.44. The van der Waals surface area contributed by atoms with Crippen LogP contribution in [-0.2, 0) is 9.84 Å². The topological polar surface area (TPSA) is 63.6 Å². The standard InChI is InChI=1S/C12H18O4S/c1-9-8-11(10(2)13)4-5-12(9)16-6-7-17(3,14)15/h4-5,8,10,13H,6-7H2,1-3H3. The van der Waals surface area contributed by atoms with Crippen LogP contribution in [0.15, 0.2) is 18.2 Å². The molecule has 1 atom stereocenters. The molecule has 0 spiro atoms. The van der Waals surface area contributed by atoms with Gasteiger partial charge in [0.1, 0.15) is 12.4 Å². The molecule has 1 unspecified atom stereocenters. The molecular formula is C12H18O4S. The number of hydrogen-bond acceptors (Lipinski definition) is 4. The van der Waals surface area contributed by atoms with Gasteiger partial charge in [0, 0.05) is 6.26 Å². The zero-order chi connectivity index (χ0) is 13.1. The number of benzene rings is 1. The lowest BCUT2D eigenvalue weighted by atomic mass is 10.1. The molecule has 0 fully saturated rings. The van der Waals surface area contributed by atoms with Crippen LogP contribution in [0, 0.1) is 6.92 Å². The molecule has 0 amide bonds. The fourth-order valence-electron chi connectivity index (χ4n) is 1.40. The molecule has 1 N–H and O–H groups in total. The second-order valence-electron chi connectivity index (χ2n) is 4.18. The van der Waals surface area contributed by atoms with Gasteiger partial charge in [-0.15, -0.1) is 0 Å². The monoisotopic (exact) mass is 258 g/mol. The minimum Gasteiger partial charge on any atom is -0.492 e. The average molecular weight is 258 g/mol. The zero-order valence-corrected chi connectivity index (χ0v) is 11.1. The fourth-order valence-corrected chi connectivity index (χ4v) is 1.78. The van der Waals surface area contributed by atoms with Gasteiger partial charge in [0.15, 0.2) is 9.84 Å². The lowest BCUT2D eigenvalue weighted by Crippen LogP contribution is -2.12. The Hall–Kier alpha value is -1.07. The number of rotatable bonds is 5. The molecule has 96 valence electrons. The quantitative estimate of drug-likeness (QED) is 0.868. The minimum atomic E-state index is -2.99. The summed E-state index contributed by atoms with van der Waals surface area (Å²) >= 11 is 0. The third-order valence-corrected chi connectivity index (χ3v) is 3.30. The van der Waals surface area contributed by atoms with Crippen molar-refractivity contribution in [1.82, 2.24) is 0 Å². The van der Waals surface area contributed by atoms with Gasteiger partial charge in [-0.3, -0.25) is 0 Å². The van der Waals surface area contributed by atoms with E-state index >= 15 is 0 Å². The number of sulfone groups is 1. The summed E-state index contributed by atoms with van der Waals surface area (Å²) < 4.78 is 27.3. The molecule has 0 aliphatic carbocycles. The maximum Gasteiger partial charge on any atom is 0.150 e.